The van der Waals surface area contributed by atoms with Gasteiger partial charge in [0.2, 0.25) is 0 Å². The van der Waals surface area contributed by atoms with Gasteiger partial charge in [0, 0.05) is 23.6 Å². The molecule has 0 bridgehead atoms. The molecule has 0 fully saturated rings. The SMILES string of the molecule is O=[N+]([O-])c1ccc2c(c1)nc(SCCOc1ccccc1Cl)n2-c1cccc(C(F)(F)F)c1. The van der Waals surface area contributed by atoms with E-state index in [1.54, 1.807) is 28.8 Å². The van der Waals surface area contributed by atoms with Crippen molar-refractivity contribution in [2.45, 2.75) is 11.3 Å². The number of aromatic nitrogens is 2. The lowest BCUT2D eigenvalue weighted by atomic mass is 10.2. The molecule has 0 N–H and O–H groups in total. The molecule has 0 aliphatic carbocycles. The Balaban J connectivity index is 1.67. The van der Waals surface area contributed by atoms with Crippen LogP contribution in [0.15, 0.2) is 71.9 Å². The molecule has 1 aromatic heterocycles. The van der Waals surface area contributed by atoms with Gasteiger partial charge in [-0.05, 0) is 36.4 Å². The first-order valence-corrected chi connectivity index (χ1v) is 10.9. The van der Waals surface area contributed by atoms with Crippen molar-refractivity contribution in [1.29, 1.82) is 0 Å². The van der Waals surface area contributed by atoms with Crippen LogP contribution in [0.4, 0.5) is 18.9 Å². The maximum absolute atomic E-state index is 13.3. The van der Waals surface area contributed by atoms with Crippen molar-refractivity contribution in [3.05, 3.63) is 87.4 Å². The maximum atomic E-state index is 13.3. The summed E-state index contributed by atoms with van der Waals surface area (Å²) in [6.07, 6.45) is -4.51. The van der Waals surface area contributed by atoms with E-state index in [-0.39, 0.29) is 18.0 Å². The predicted molar refractivity (Wildman–Crippen MR) is 120 cm³/mol. The highest BCUT2D eigenvalue weighted by atomic mass is 35.5. The molecule has 170 valence electrons. The number of alkyl halides is 3. The number of nitro groups is 1. The van der Waals surface area contributed by atoms with Gasteiger partial charge in [0.05, 0.1) is 33.1 Å². The number of para-hydroxylation sites is 1. The minimum Gasteiger partial charge on any atom is -0.491 e. The summed E-state index contributed by atoms with van der Waals surface area (Å²) in [7, 11) is 0. The Kier molecular flexibility index (Phi) is 6.48. The number of nitrogens with zero attached hydrogens (tertiary/aromatic N) is 3. The van der Waals surface area contributed by atoms with Crippen LogP contribution in [0.3, 0.4) is 0 Å². The fourth-order valence-electron chi connectivity index (χ4n) is 3.17. The van der Waals surface area contributed by atoms with Crippen LogP contribution in [0.25, 0.3) is 16.7 Å². The Labute approximate surface area is 195 Å². The first kappa shape index (κ1) is 22.9. The number of imidazole rings is 1. The first-order valence-electron chi connectivity index (χ1n) is 9.59. The third kappa shape index (κ3) is 5.07. The van der Waals surface area contributed by atoms with E-state index in [1.807, 2.05) is 0 Å². The Hall–Kier alpha value is -3.24. The molecule has 0 saturated carbocycles. The lowest BCUT2D eigenvalue weighted by Crippen LogP contribution is -2.07. The molecule has 0 saturated heterocycles. The smallest absolute Gasteiger partial charge is 0.416 e. The second kappa shape index (κ2) is 9.32. The van der Waals surface area contributed by atoms with Crippen molar-refractivity contribution in [2.75, 3.05) is 12.4 Å². The number of nitro benzene ring substituents is 1. The van der Waals surface area contributed by atoms with Gasteiger partial charge in [-0.3, -0.25) is 14.7 Å². The molecule has 0 aliphatic rings. The van der Waals surface area contributed by atoms with Crippen molar-refractivity contribution in [3.63, 3.8) is 0 Å². The van der Waals surface area contributed by atoms with Crippen molar-refractivity contribution in [1.82, 2.24) is 9.55 Å². The van der Waals surface area contributed by atoms with Gasteiger partial charge in [0.25, 0.3) is 5.69 Å². The van der Waals surface area contributed by atoms with Gasteiger partial charge in [-0.25, -0.2) is 4.98 Å². The zero-order valence-electron chi connectivity index (χ0n) is 16.8. The Morgan fingerprint density at radius 3 is 2.61 bits per heavy atom. The molecule has 0 atom stereocenters. The number of ether oxygens (including phenoxy) is 1. The average molecular weight is 494 g/mol. The Morgan fingerprint density at radius 2 is 1.88 bits per heavy atom. The summed E-state index contributed by atoms with van der Waals surface area (Å²) in [5.41, 5.74) is 0.0397. The molecular formula is C22H15ClF3N3O3S. The van der Waals surface area contributed by atoms with Crippen LogP contribution in [0.1, 0.15) is 5.56 Å². The molecule has 0 spiro atoms. The van der Waals surface area contributed by atoms with Gasteiger partial charge in [0.15, 0.2) is 5.16 Å². The topological polar surface area (TPSA) is 70.2 Å². The van der Waals surface area contributed by atoms with Gasteiger partial charge in [0.1, 0.15) is 5.75 Å². The number of halogens is 4. The van der Waals surface area contributed by atoms with Gasteiger partial charge in [-0.15, -0.1) is 0 Å². The molecule has 0 aliphatic heterocycles. The zero-order chi connectivity index (χ0) is 23.6. The highest BCUT2D eigenvalue weighted by Crippen LogP contribution is 2.34. The summed E-state index contributed by atoms with van der Waals surface area (Å²) in [6.45, 7) is 0.264. The quantitative estimate of drug-likeness (QED) is 0.123. The minimum atomic E-state index is -4.51. The standard InChI is InChI=1S/C22H15ClF3N3O3S/c23-17-6-1-2-7-20(17)32-10-11-33-21-27-18-13-16(29(30)31)8-9-19(18)28(21)15-5-3-4-14(12-15)22(24,25)26/h1-9,12-13H,10-11H2. The van der Waals surface area contributed by atoms with Crippen LogP contribution < -0.4 is 4.74 Å². The number of benzene rings is 3. The molecule has 6 nitrogen and oxygen atoms in total. The van der Waals surface area contributed by atoms with Crippen molar-refractivity contribution in [3.8, 4) is 11.4 Å². The van der Waals surface area contributed by atoms with Crippen LogP contribution in [0, 0.1) is 10.1 Å². The van der Waals surface area contributed by atoms with E-state index in [4.69, 9.17) is 16.3 Å². The lowest BCUT2D eigenvalue weighted by Gasteiger charge is -2.12. The monoisotopic (exact) mass is 493 g/mol. The Morgan fingerprint density at radius 1 is 1.09 bits per heavy atom. The molecule has 1 heterocycles. The number of hydrogen-bond acceptors (Lipinski definition) is 5. The number of fused-ring (bicyclic) bond motifs is 1. The van der Waals surface area contributed by atoms with Crippen LogP contribution in [0.2, 0.25) is 5.02 Å². The lowest BCUT2D eigenvalue weighted by molar-refractivity contribution is -0.384. The second-order valence-electron chi connectivity index (χ2n) is 6.84. The fourth-order valence-corrected chi connectivity index (χ4v) is 4.21. The van der Waals surface area contributed by atoms with E-state index in [2.05, 4.69) is 4.98 Å². The summed E-state index contributed by atoms with van der Waals surface area (Å²) in [6, 6.07) is 15.9. The van der Waals surface area contributed by atoms with E-state index in [9.17, 15) is 23.3 Å². The van der Waals surface area contributed by atoms with Gasteiger partial charge in [-0.1, -0.05) is 41.6 Å². The summed E-state index contributed by atoms with van der Waals surface area (Å²) in [5, 5.41) is 12.0. The summed E-state index contributed by atoms with van der Waals surface area (Å²) in [4.78, 5) is 15.0. The first-order chi connectivity index (χ1) is 15.7. The third-order valence-corrected chi connectivity index (χ3v) is 5.87. The molecule has 11 heteroatoms. The molecule has 4 rings (SSSR count). The van der Waals surface area contributed by atoms with Crippen LogP contribution in [0.5, 0.6) is 5.75 Å². The second-order valence-corrected chi connectivity index (χ2v) is 8.30. The average Bonchev–Trinajstić information content (AvgIpc) is 3.14. The summed E-state index contributed by atoms with van der Waals surface area (Å²) >= 11 is 7.33. The number of non-ortho nitro benzene ring substituents is 1. The number of thioether (sulfide) groups is 1. The van der Waals surface area contributed by atoms with Crippen LogP contribution >= 0.6 is 23.4 Å². The van der Waals surface area contributed by atoms with Crippen molar-refractivity contribution >= 4 is 40.1 Å². The normalized spacial score (nSPS) is 11.6. The van der Waals surface area contributed by atoms with E-state index in [0.29, 0.717) is 32.7 Å². The summed E-state index contributed by atoms with van der Waals surface area (Å²) in [5.74, 6) is 0.928. The number of hydrogen-bond donors (Lipinski definition) is 0. The molecule has 0 radical (unpaired) electrons. The van der Waals surface area contributed by atoms with Gasteiger partial charge in [-0.2, -0.15) is 13.2 Å². The summed E-state index contributed by atoms with van der Waals surface area (Å²) < 4.78 is 47.0. The van der Waals surface area contributed by atoms with Gasteiger partial charge >= 0.3 is 6.18 Å². The molecular weight excluding hydrogens is 479 g/mol. The molecule has 3 aromatic carbocycles. The third-order valence-electron chi connectivity index (χ3n) is 4.66. The zero-order valence-corrected chi connectivity index (χ0v) is 18.3. The highest BCUT2D eigenvalue weighted by Gasteiger charge is 2.31. The highest BCUT2D eigenvalue weighted by molar-refractivity contribution is 7.99. The largest absolute Gasteiger partial charge is 0.491 e. The van der Waals surface area contributed by atoms with Crippen molar-refractivity contribution < 1.29 is 22.8 Å². The van der Waals surface area contributed by atoms with E-state index in [0.717, 1.165) is 12.1 Å². The Bertz CT molecular complexity index is 1330. The molecule has 0 amide bonds. The minimum absolute atomic E-state index is 0.158. The number of rotatable bonds is 7. The van der Waals surface area contributed by atoms with E-state index >= 15 is 0 Å². The van der Waals surface area contributed by atoms with E-state index in [1.165, 1.54) is 42.1 Å². The van der Waals surface area contributed by atoms with E-state index < -0.39 is 16.7 Å². The fraction of sp³-hybridized carbons (Fsp3) is 0.136. The van der Waals surface area contributed by atoms with Crippen LogP contribution in [-0.4, -0.2) is 26.8 Å². The van der Waals surface area contributed by atoms with Gasteiger partial charge < -0.3 is 4.74 Å². The predicted octanol–water partition coefficient (Wildman–Crippen LogP) is 6.78. The van der Waals surface area contributed by atoms with Crippen molar-refractivity contribution in [2.24, 2.45) is 0 Å². The van der Waals surface area contributed by atoms with Crippen LogP contribution in [-0.2, 0) is 6.18 Å². The molecule has 33 heavy (non-hydrogen) atoms. The molecule has 4 aromatic rings. The maximum Gasteiger partial charge on any atom is 0.416 e. The molecule has 0 unspecified atom stereocenters.